The molecule has 2 bridgehead atoms. The van der Waals surface area contributed by atoms with Crippen molar-refractivity contribution >= 4 is 23.5 Å². The van der Waals surface area contributed by atoms with Gasteiger partial charge in [-0.15, -0.1) is 0 Å². The Morgan fingerprint density at radius 3 is 2.36 bits per heavy atom. The minimum atomic E-state index is -0.934. The Morgan fingerprint density at radius 2 is 1.76 bits per heavy atom. The van der Waals surface area contributed by atoms with Gasteiger partial charge in [0.25, 0.3) is 0 Å². The smallest absolute Gasteiger partial charge is 0.307 e. The Balaban J connectivity index is 1.87. The van der Waals surface area contributed by atoms with Crippen molar-refractivity contribution in [3.05, 3.63) is 42.5 Å². The number of rotatable bonds is 6. The molecule has 0 radical (unpaired) electrons. The van der Waals surface area contributed by atoms with Gasteiger partial charge in [-0.2, -0.15) is 0 Å². The molecule has 1 saturated carbocycles. The predicted molar refractivity (Wildman–Crippen MR) is 90.8 cm³/mol. The first-order chi connectivity index (χ1) is 12.0. The van der Waals surface area contributed by atoms with Crippen molar-refractivity contribution in [3.63, 3.8) is 0 Å². The molecule has 4 unspecified atom stereocenters. The van der Waals surface area contributed by atoms with E-state index >= 15 is 0 Å². The number of nitrogens with zero attached hydrogens (tertiary/aromatic N) is 1. The van der Waals surface area contributed by atoms with Gasteiger partial charge < -0.3 is 14.7 Å². The number of allylic oxidation sites excluding steroid dienone is 2. The number of benzene rings is 1. The van der Waals surface area contributed by atoms with E-state index < -0.39 is 23.8 Å². The van der Waals surface area contributed by atoms with Crippen molar-refractivity contribution in [3.8, 4) is 0 Å². The molecule has 1 fully saturated rings. The summed E-state index contributed by atoms with van der Waals surface area (Å²) in [4.78, 5) is 38.0. The molecule has 1 N–H and O–H groups in total. The maximum Gasteiger partial charge on any atom is 0.307 e. The zero-order valence-corrected chi connectivity index (χ0v) is 14.0. The summed E-state index contributed by atoms with van der Waals surface area (Å²) in [6.45, 7) is 0.166. The number of para-hydroxylation sites is 1. The zero-order chi connectivity index (χ0) is 18.0. The maximum absolute atomic E-state index is 13.2. The molecule has 2 aliphatic carbocycles. The highest BCUT2D eigenvalue weighted by Crippen LogP contribution is 2.49. The van der Waals surface area contributed by atoms with Gasteiger partial charge in [-0.1, -0.05) is 30.4 Å². The van der Waals surface area contributed by atoms with Crippen LogP contribution in [0, 0.1) is 23.7 Å². The lowest BCUT2D eigenvalue weighted by molar-refractivity contribution is -0.147. The fourth-order valence-corrected chi connectivity index (χ4v) is 3.96. The lowest BCUT2D eigenvalue weighted by atomic mass is 9.82. The van der Waals surface area contributed by atoms with Gasteiger partial charge >= 0.3 is 11.9 Å². The Bertz CT molecular complexity index is 699. The second-order valence-electron chi connectivity index (χ2n) is 6.49. The van der Waals surface area contributed by atoms with Gasteiger partial charge in [0.1, 0.15) is 0 Å². The minimum absolute atomic E-state index is 0.0528. The first kappa shape index (κ1) is 17.2. The third kappa shape index (κ3) is 3.29. The molecule has 132 valence electrons. The molecule has 1 aromatic carbocycles. The number of carbonyl (C=O) groups is 3. The topological polar surface area (TPSA) is 83.9 Å². The number of carboxylic acid groups (broad SMARTS) is 1. The van der Waals surface area contributed by atoms with Crippen molar-refractivity contribution in [1.29, 1.82) is 0 Å². The largest absolute Gasteiger partial charge is 0.481 e. The van der Waals surface area contributed by atoms with Crippen LogP contribution in [0.3, 0.4) is 0 Å². The van der Waals surface area contributed by atoms with Crippen LogP contribution in [0.5, 0.6) is 0 Å². The second kappa shape index (κ2) is 7.09. The van der Waals surface area contributed by atoms with Gasteiger partial charge in [0.05, 0.1) is 25.4 Å². The number of methoxy groups -OCH3 is 1. The van der Waals surface area contributed by atoms with Gasteiger partial charge in [-0.05, 0) is 30.4 Å². The molecule has 6 nitrogen and oxygen atoms in total. The van der Waals surface area contributed by atoms with Crippen molar-refractivity contribution in [2.24, 2.45) is 23.7 Å². The molecule has 4 atom stereocenters. The molecule has 0 spiro atoms. The Morgan fingerprint density at radius 1 is 1.12 bits per heavy atom. The lowest BCUT2D eigenvalue weighted by Gasteiger charge is -2.31. The summed E-state index contributed by atoms with van der Waals surface area (Å²) in [6.07, 6.45) is 4.63. The third-order valence-electron chi connectivity index (χ3n) is 5.13. The van der Waals surface area contributed by atoms with Crippen molar-refractivity contribution < 1.29 is 24.2 Å². The van der Waals surface area contributed by atoms with E-state index in [1.807, 2.05) is 30.4 Å². The van der Waals surface area contributed by atoms with Crippen LogP contribution in [-0.4, -0.2) is 36.6 Å². The summed E-state index contributed by atoms with van der Waals surface area (Å²) in [5.74, 6) is -3.01. The average Bonchev–Trinajstić information content (AvgIpc) is 3.23. The molecular formula is C19H21NO5. The van der Waals surface area contributed by atoms with Crippen molar-refractivity contribution in [2.75, 3.05) is 18.6 Å². The summed E-state index contributed by atoms with van der Waals surface area (Å²) >= 11 is 0. The van der Waals surface area contributed by atoms with Crippen LogP contribution in [0.2, 0.25) is 0 Å². The zero-order valence-electron chi connectivity index (χ0n) is 14.0. The van der Waals surface area contributed by atoms with E-state index in [4.69, 9.17) is 0 Å². The summed E-state index contributed by atoms with van der Waals surface area (Å²) in [6, 6.07) is 9.03. The monoisotopic (exact) mass is 343 g/mol. The van der Waals surface area contributed by atoms with Crippen LogP contribution >= 0.6 is 0 Å². The van der Waals surface area contributed by atoms with E-state index in [0.717, 1.165) is 0 Å². The van der Waals surface area contributed by atoms with Gasteiger partial charge in [-0.3, -0.25) is 14.4 Å². The summed E-state index contributed by atoms with van der Waals surface area (Å²) in [7, 11) is 1.30. The van der Waals surface area contributed by atoms with E-state index in [9.17, 15) is 19.5 Å². The molecule has 0 aliphatic heterocycles. The summed E-state index contributed by atoms with van der Waals surface area (Å²) in [5, 5.41) is 9.58. The molecule has 0 saturated heterocycles. The van der Waals surface area contributed by atoms with Crippen LogP contribution in [0.15, 0.2) is 42.5 Å². The fourth-order valence-electron chi connectivity index (χ4n) is 3.96. The number of amides is 1. The standard InChI is InChI=1S/C19H21NO5/c1-25-15(21)9-10-20(14-5-3-2-4-6-14)18(22)16-12-7-8-13(11-12)17(16)19(23)24/h2-8,12-13,16-17H,9-11H2,1H3,(H,23,24). The van der Waals surface area contributed by atoms with Crippen molar-refractivity contribution in [1.82, 2.24) is 0 Å². The molecule has 2 aliphatic rings. The maximum atomic E-state index is 13.2. The van der Waals surface area contributed by atoms with E-state index in [0.29, 0.717) is 12.1 Å². The van der Waals surface area contributed by atoms with Crippen LogP contribution in [-0.2, 0) is 19.1 Å². The van der Waals surface area contributed by atoms with Gasteiger partial charge in [0.2, 0.25) is 5.91 Å². The lowest BCUT2D eigenvalue weighted by Crippen LogP contribution is -2.44. The summed E-state index contributed by atoms with van der Waals surface area (Å²) < 4.78 is 4.67. The van der Waals surface area contributed by atoms with Gasteiger partial charge in [0, 0.05) is 12.2 Å². The number of esters is 1. The number of ether oxygens (including phenoxy) is 1. The second-order valence-corrected chi connectivity index (χ2v) is 6.49. The molecule has 0 heterocycles. The first-order valence-corrected chi connectivity index (χ1v) is 8.37. The Labute approximate surface area is 146 Å². The highest BCUT2D eigenvalue weighted by molar-refractivity contribution is 5.98. The molecule has 1 amide bonds. The van der Waals surface area contributed by atoms with E-state index in [1.165, 1.54) is 12.0 Å². The molecule has 3 rings (SSSR count). The Kier molecular flexibility index (Phi) is 4.88. The molecule has 6 heteroatoms. The highest BCUT2D eigenvalue weighted by atomic mass is 16.5. The Hall–Kier alpha value is -2.63. The molecule has 0 aromatic heterocycles. The van der Waals surface area contributed by atoms with E-state index in [2.05, 4.69) is 4.74 Å². The minimum Gasteiger partial charge on any atom is -0.481 e. The number of carbonyl (C=O) groups excluding carboxylic acids is 2. The van der Waals surface area contributed by atoms with Crippen LogP contribution < -0.4 is 4.90 Å². The van der Waals surface area contributed by atoms with Crippen LogP contribution in [0.25, 0.3) is 0 Å². The number of fused-ring (bicyclic) bond motifs is 2. The molecule has 25 heavy (non-hydrogen) atoms. The average molecular weight is 343 g/mol. The highest BCUT2D eigenvalue weighted by Gasteiger charge is 2.52. The SMILES string of the molecule is COC(=O)CCN(C(=O)C1C2C=CC(C2)C1C(=O)O)c1ccccc1. The van der Waals surface area contributed by atoms with E-state index in [1.54, 1.807) is 12.1 Å². The van der Waals surface area contributed by atoms with Gasteiger partial charge in [-0.25, -0.2) is 0 Å². The number of hydrogen-bond donors (Lipinski definition) is 1. The normalized spacial score (nSPS) is 26.4. The van der Waals surface area contributed by atoms with Crippen LogP contribution in [0.1, 0.15) is 12.8 Å². The number of carboxylic acids is 1. The fraction of sp³-hybridized carbons (Fsp3) is 0.421. The number of hydrogen-bond acceptors (Lipinski definition) is 4. The van der Waals surface area contributed by atoms with Gasteiger partial charge in [0.15, 0.2) is 0 Å². The summed E-state index contributed by atoms with van der Waals surface area (Å²) in [5.41, 5.74) is 0.660. The van der Waals surface area contributed by atoms with Crippen molar-refractivity contribution in [2.45, 2.75) is 12.8 Å². The molecular weight excluding hydrogens is 322 g/mol. The quantitative estimate of drug-likeness (QED) is 0.632. The third-order valence-corrected chi connectivity index (χ3v) is 5.13. The molecule has 1 aromatic rings. The predicted octanol–water partition coefficient (Wildman–Crippen LogP) is 2.11. The first-order valence-electron chi connectivity index (χ1n) is 8.37. The van der Waals surface area contributed by atoms with Crippen LogP contribution in [0.4, 0.5) is 5.69 Å². The number of aliphatic carboxylic acids is 1. The number of anilines is 1. The van der Waals surface area contributed by atoms with E-state index in [-0.39, 0.29) is 30.7 Å².